The van der Waals surface area contributed by atoms with Crippen molar-refractivity contribution in [2.75, 3.05) is 0 Å². The van der Waals surface area contributed by atoms with Crippen molar-refractivity contribution in [3.63, 3.8) is 0 Å². The van der Waals surface area contributed by atoms with E-state index in [2.05, 4.69) is 6.07 Å². The standard InChI is InChI=1S/C71H41F15N4/c1-36-15-37(2)17-45(16-36)41-6-11-61-55(27-41)56-28-42(46-18-38(3)20-50(23-46)67(72,73)74)7-12-62(56)89(61)65-31-49(54-10-5-40(34-87)22-60(54)71(84,85)86)32-66(59(65)35-88)90-63-13-8-43(47-19-39(4)21-51(24-47)68(75,76)77)29-57(63)58-30-44(9-14-64(58)90)48-25-52(69(78,79)80)33-53(26-48)70(81,82)83/h5-33H,1-4H3. The first-order chi connectivity index (χ1) is 42.2. The Kier molecular flexibility index (Phi) is 14.2. The van der Waals surface area contributed by atoms with Gasteiger partial charge in [-0.15, -0.1) is 0 Å². The number of alkyl halides is 15. The molecule has 90 heavy (non-hydrogen) atoms. The molecule has 0 unspecified atom stereocenters. The minimum absolute atomic E-state index is 0.0412. The van der Waals surface area contributed by atoms with E-state index in [4.69, 9.17) is 0 Å². The van der Waals surface area contributed by atoms with Crippen molar-refractivity contribution in [3.05, 3.63) is 237 Å². The Labute approximate surface area is 502 Å². The molecule has 19 heteroatoms. The van der Waals surface area contributed by atoms with Gasteiger partial charge in [0.1, 0.15) is 11.6 Å². The van der Waals surface area contributed by atoms with E-state index in [-0.39, 0.29) is 83.8 Å². The topological polar surface area (TPSA) is 57.4 Å². The van der Waals surface area contributed by atoms with E-state index in [0.717, 1.165) is 53.1 Å². The number of rotatable bonds is 7. The number of benzene rings is 10. The molecular formula is C71H41F15N4. The van der Waals surface area contributed by atoms with Crippen LogP contribution >= 0.6 is 0 Å². The lowest BCUT2D eigenvalue weighted by Crippen LogP contribution is -2.11. The first-order valence-electron chi connectivity index (χ1n) is 27.4. The molecule has 0 fully saturated rings. The third kappa shape index (κ3) is 10.9. The van der Waals surface area contributed by atoms with Gasteiger partial charge in [-0.25, -0.2) is 0 Å². The number of nitrogens with zero attached hydrogens (tertiary/aromatic N) is 4. The Morgan fingerprint density at radius 3 is 0.933 bits per heavy atom. The van der Waals surface area contributed by atoms with Gasteiger partial charge in [0.2, 0.25) is 0 Å². The Morgan fingerprint density at radius 1 is 0.289 bits per heavy atom. The molecule has 0 amide bonds. The molecular weight excluding hydrogens is 1190 g/mol. The summed E-state index contributed by atoms with van der Waals surface area (Å²) in [5.74, 6) is 0. The lowest BCUT2D eigenvalue weighted by Gasteiger charge is -2.20. The fourth-order valence-corrected chi connectivity index (χ4v) is 12.1. The monoisotopic (exact) mass is 1230 g/mol. The number of hydrogen-bond acceptors (Lipinski definition) is 2. The summed E-state index contributed by atoms with van der Waals surface area (Å²) in [6.45, 7) is 6.77. The number of aromatic nitrogens is 2. The summed E-state index contributed by atoms with van der Waals surface area (Å²) in [6.07, 6.45) is -25.2. The molecule has 12 rings (SSSR count). The fourth-order valence-electron chi connectivity index (χ4n) is 12.1. The number of nitriles is 2. The summed E-state index contributed by atoms with van der Waals surface area (Å²) in [6, 6.07) is 41.6. The number of aryl methyl sites for hydroxylation is 4. The van der Waals surface area contributed by atoms with Gasteiger partial charge in [-0.2, -0.15) is 76.4 Å². The van der Waals surface area contributed by atoms with Crippen LogP contribution in [-0.4, -0.2) is 9.13 Å². The largest absolute Gasteiger partial charge is 0.417 e. The zero-order chi connectivity index (χ0) is 64.5. The maximum atomic E-state index is 15.5. The second-order valence-corrected chi connectivity index (χ2v) is 22.3. The Hall–Kier alpha value is -10.3. The Morgan fingerprint density at radius 2 is 0.611 bits per heavy atom. The van der Waals surface area contributed by atoms with Crippen LogP contribution in [0.4, 0.5) is 65.9 Å². The number of fused-ring (bicyclic) bond motifs is 6. The van der Waals surface area contributed by atoms with Crippen LogP contribution in [0.3, 0.4) is 0 Å². The lowest BCUT2D eigenvalue weighted by atomic mass is 9.94. The van der Waals surface area contributed by atoms with Gasteiger partial charge in [-0.05, 0) is 210 Å². The highest BCUT2D eigenvalue weighted by atomic mass is 19.4. The first-order valence-corrected chi connectivity index (χ1v) is 27.4. The molecule has 2 aromatic heterocycles. The second kappa shape index (κ2) is 21.2. The summed E-state index contributed by atoms with van der Waals surface area (Å²) in [7, 11) is 0. The van der Waals surface area contributed by atoms with Crippen molar-refractivity contribution in [2.24, 2.45) is 0 Å². The van der Waals surface area contributed by atoms with E-state index < -0.39 is 69.8 Å². The SMILES string of the molecule is Cc1cc(C)cc(-c2ccc3c(c2)c2cc(-c4cc(C)cc(C(F)(F)F)c4)ccc2n3-c2cc(-c3ccc(C#N)cc3C(F)(F)F)cc(-n3c4ccc(-c5cc(C)cc(C(F)(F)F)c5)cc4c4cc(-c5cc(C(F)(F)F)cc(C(F)(F)F)c5)ccc43)c2C#N)c1. The first kappa shape index (κ1) is 60.0. The van der Waals surface area contributed by atoms with E-state index in [0.29, 0.717) is 56.7 Å². The second-order valence-electron chi connectivity index (χ2n) is 22.3. The third-order valence-corrected chi connectivity index (χ3v) is 15.9. The van der Waals surface area contributed by atoms with Gasteiger partial charge in [0.25, 0.3) is 0 Å². The average molecular weight is 1240 g/mol. The molecule has 0 aliphatic heterocycles. The lowest BCUT2D eigenvalue weighted by molar-refractivity contribution is -0.143. The van der Waals surface area contributed by atoms with E-state index in [9.17, 15) is 63.2 Å². The number of hydrogen-bond donors (Lipinski definition) is 0. The zero-order valence-electron chi connectivity index (χ0n) is 47.2. The summed E-state index contributed by atoms with van der Waals surface area (Å²) < 4.78 is 222. The van der Waals surface area contributed by atoms with Gasteiger partial charge in [0.15, 0.2) is 0 Å². The molecule has 10 aromatic carbocycles. The summed E-state index contributed by atoms with van der Waals surface area (Å²) in [5.41, 5.74) is -3.18. The molecule has 0 atom stereocenters. The molecule has 0 aliphatic carbocycles. The molecule has 4 nitrogen and oxygen atoms in total. The quantitative estimate of drug-likeness (QED) is 0.149. The van der Waals surface area contributed by atoms with E-state index in [1.807, 2.05) is 38.1 Å². The number of halogens is 15. The van der Waals surface area contributed by atoms with Crippen LogP contribution in [0.2, 0.25) is 0 Å². The van der Waals surface area contributed by atoms with Crippen LogP contribution < -0.4 is 0 Å². The highest BCUT2D eigenvalue weighted by molar-refractivity contribution is 6.14. The zero-order valence-corrected chi connectivity index (χ0v) is 47.2. The summed E-state index contributed by atoms with van der Waals surface area (Å²) >= 11 is 0. The molecule has 0 spiro atoms. The normalized spacial score (nSPS) is 12.6. The predicted octanol–water partition coefficient (Wildman–Crippen LogP) is 22.3. The van der Waals surface area contributed by atoms with E-state index in [1.54, 1.807) is 47.0 Å². The molecule has 0 bridgehead atoms. The van der Waals surface area contributed by atoms with Crippen molar-refractivity contribution in [1.29, 1.82) is 10.5 Å². The maximum Gasteiger partial charge on any atom is 0.417 e. The van der Waals surface area contributed by atoms with Crippen LogP contribution in [0.1, 0.15) is 61.2 Å². The van der Waals surface area contributed by atoms with Crippen molar-refractivity contribution >= 4 is 43.6 Å². The summed E-state index contributed by atoms with van der Waals surface area (Å²) in [4.78, 5) is 0. The third-order valence-electron chi connectivity index (χ3n) is 15.9. The summed E-state index contributed by atoms with van der Waals surface area (Å²) in [5, 5.41) is 22.7. The molecule has 450 valence electrons. The van der Waals surface area contributed by atoms with Gasteiger partial charge in [-0.3, -0.25) is 0 Å². The van der Waals surface area contributed by atoms with Crippen molar-refractivity contribution in [1.82, 2.24) is 9.13 Å². The van der Waals surface area contributed by atoms with Crippen molar-refractivity contribution < 1.29 is 65.9 Å². The predicted molar refractivity (Wildman–Crippen MR) is 316 cm³/mol. The molecule has 0 radical (unpaired) electrons. The molecule has 12 aromatic rings. The fraction of sp³-hybridized carbons (Fsp3) is 0.127. The van der Waals surface area contributed by atoms with Gasteiger partial charge in [0.05, 0.1) is 72.9 Å². The Balaban J connectivity index is 1.21. The molecule has 0 N–H and O–H groups in total. The van der Waals surface area contributed by atoms with Crippen molar-refractivity contribution in [2.45, 2.75) is 58.6 Å². The van der Waals surface area contributed by atoms with E-state index in [1.165, 1.54) is 73.0 Å². The van der Waals surface area contributed by atoms with Crippen LogP contribution in [0.15, 0.2) is 176 Å². The van der Waals surface area contributed by atoms with Gasteiger partial charge >= 0.3 is 30.9 Å². The van der Waals surface area contributed by atoms with Crippen LogP contribution in [-0.2, 0) is 30.9 Å². The maximum absolute atomic E-state index is 15.5. The van der Waals surface area contributed by atoms with Gasteiger partial charge in [0, 0.05) is 21.5 Å². The van der Waals surface area contributed by atoms with Crippen LogP contribution in [0.25, 0.3) is 111 Å². The highest BCUT2D eigenvalue weighted by Crippen LogP contribution is 2.48. The van der Waals surface area contributed by atoms with E-state index >= 15 is 13.2 Å². The smallest absolute Gasteiger partial charge is 0.308 e. The van der Waals surface area contributed by atoms with Crippen LogP contribution in [0, 0.1) is 50.4 Å². The minimum Gasteiger partial charge on any atom is -0.308 e. The Bertz CT molecular complexity index is 5020. The van der Waals surface area contributed by atoms with Crippen molar-refractivity contribution in [3.8, 4) is 79.1 Å². The molecule has 0 aliphatic rings. The van der Waals surface area contributed by atoms with Gasteiger partial charge in [-0.1, -0.05) is 71.8 Å². The highest BCUT2D eigenvalue weighted by Gasteiger charge is 2.39. The van der Waals surface area contributed by atoms with Gasteiger partial charge < -0.3 is 9.13 Å². The average Bonchev–Trinajstić information content (AvgIpc) is 1.55. The van der Waals surface area contributed by atoms with Crippen LogP contribution in [0.5, 0.6) is 0 Å². The molecule has 0 saturated carbocycles. The molecule has 0 saturated heterocycles. The minimum atomic E-state index is -5.26. The molecule has 2 heterocycles.